The Balaban J connectivity index is 1.84. The van der Waals surface area contributed by atoms with Crippen LogP contribution in [0.1, 0.15) is 36.8 Å². The molecule has 0 bridgehead atoms. The average molecular weight is 272 g/mol. The first-order valence-electron chi connectivity index (χ1n) is 8.05. The van der Waals surface area contributed by atoms with Crippen LogP contribution in [0.2, 0.25) is 0 Å². The van der Waals surface area contributed by atoms with Crippen molar-refractivity contribution in [1.82, 2.24) is 0 Å². The van der Waals surface area contributed by atoms with Crippen LogP contribution in [0.15, 0.2) is 72.0 Å². The lowest BCUT2D eigenvalue weighted by molar-refractivity contribution is 0.480. The average Bonchev–Trinajstić information content (AvgIpc) is 3.27. The highest BCUT2D eigenvalue weighted by atomic mass is 14.5. The third kappa shape index (κ3) is 2.48. The van der Waals surface area contributed by atoms with Crippen molar-refractivity contribution in [3.8, 4) is 0 Å². The summed E-state index contributed by atoms with van der Waals surface area (Å²) in [4.78, 5) is 0. The topological polar surface area (TPSA) is 0 Å². The van der Waals surface area contributed by atoms with Crippen molar-refractivity contribution >= 4 is 5.57 Å². The van der Waals surface area contributed by atoms with E-state index in [4.69, 9.17) is 0 Å². The zero-order valence-corrected chi connectivity index (χ0v) is 12.3. The summed E-state index contributed by atoms with van der Waals surface area (Å²) in [6.07, 6.45) is 5.56. The minimum atomic E-state index is 0.834. The van der Waals surface area contributed by atoms with E-state index in [-0.39, 0.29) is 0 Å². The number of hydrogen-bond acceptors (Lipinski definition) is 0. The predicted octanol–water partition coefficient (Wildman–Crippen LogP) is 5.46. The Morgan fingerprint density at radius 1 is 0.714 bits per heavy atom. The minimum absolute atomic E-state index is 0.834. The van der Waals surface area contributed by atoms with Crippen LogP contribution in [-0.2, 0) is 0 Å². The van der Waals surface area contributed by atoms with Crippen LogP contribution in [0.25, 0.3) is 5.57 Å². The van der Waals surface area contributed by atoms with E-state index < -0.39 is 0 Å². The van der Waals surface area contributed by atoms with Crippen molar-refractivity contribution in [3.05, 3.63) is 83.1 Å². The van der Waals surface area contributed by atoms with Gasteiger partial charge in [0.1, 0.15) is 0 Å². The Bertz CT molecular complexity index is 632. The van der Waals surface area contributed by atoms with Gasteiger partial charge in [-0.25, -0.2) is 0 Å². The molecule has 2 saturated carbocycles. The Morgan fingerprint density at radius 2 is 1.19 bits per heavy atom. The molecule has 0 heterocycles. The van der Waals surface area contributed by atoms with Crippen LogP contribution in [-0.4, -0.2) is 0 Å². The Kier molecular flexibility index (Phi) is 3.25. The van der Waals surface area contributed by atoms with E-state index in [0.29, 0.717) is 0 Å². The molecule has 2 atom stereocenters. The fourth-order valence-corrected chi connectivity index (χ4v) is 3.67. The molecule has 2 aliphatic rings. The Hall–Kier alpha value is -2.04. The van der Waals surface area contributed by atoms with Gasteiger partial charge in [0.05, 0.1) is 0 Å². The van der Waals surface area contributed by atoms with Crippen molar-refractivity contribution in [3.63, 3.8) is 0 Å². The van der Waals surface area contributed by atoms with Crippen LogP contribution in [0.3, 0.4) is 0 Å². The van der Waals surface area contributed by atoms with Gasteiger partial charge in [-0.05, 0) is 41.4 Å². The second kappa shape index (κ2) is 5.39. The molecule has 2 aromatic rings. The molecular weight excluding hydrogens is 252 g/mol. The number of benzene rings is 2. The summed E-state index contributed by atoms with van der Waals surface area (Å²) < 4.78 is 0. The molecule has 2 fully saturated rings. The fraction of sp³-hybridized carbons (Fsp3) is 0.286. The summed E-state index contributed by atoms with van der Waals surface area (Å²) in [6.45, 7) is 0. The lowest BCUT2D eigenvalue weighted by Crippen LogP contribution is -1.91. The number of allylic oxidation sites excluding steroid dienone is 1. The molecule has 0 radical (unpaired) electrons. The molecule has 21 heavy (non-hydrogen) atoms. The largest absolute Gasteiger partial charge is 0.112 e. The van der Waals surface area contributed by atoms with E-state index >= 15 is 0 Å². The van der Waals surface area contributed by atoms with Crippen molar-refractivity contribution in [2.75, 3.05) is 0 Å². The van der Waals surface area contributed by atoms with Crippen molar-refractivity contribution in [1.29, 1.82) is 0 Å². The van der Waals surface area contributed by atoms with Gasteiger partial charge in [-0.1, -0.05) is 73.5 Å². The molecule has 2 aromatic carbocycles. The molecule has 4 rings (SSSR count). The predicted molar refractivity (Wildman–Crippen MR) is 87.9 cm³/mol. The van der Waals surface area contributed by atoms with Crippen molar-refractivity contribution in [2.45, 2.75) is 25.7 Å². The lowest BCUT2D eigenvalue weighted by atomic mass is 9.98. The van der Waals surface area contributed by atoms with E-state index in [9.17, 15) is 0 Å². The molecule has 0 nitrogen and oxygen atoms in total. The molecule has 2 aliphatic carbocycles. The third-order valence-electron chi connectivity index (χ3n) is 4.85. The maximum absolute atomic E-state index is 3.80. The number of hydrogen-bond donors (Lipinski definition) is 0. The normalized spacial score (nSPS) is 23.1. The van der Waals surface area contributed by atoms with E-state index in [2.05, 4.69) is 66.4 Å². The summed E-state index contributed by atoms with van der Waals surface area (Å²) in [5.41, 5.74) is 9.20. The Morgan fingerprint density at radius 3 is 1.67 bits per heavy atom. The quantitative estimate of drug-likeness (QED) is 0.636. The first-order chi connectivity index (χ1) is 10.4. The van der Waals surface area contributed by atoms with E-state index in [0.717, 1.165) is 11.8 Å². The van der Waals surface area contributed by atoms with Gasteiger partial charge in [-0.3, -0.25) is 0 Å². The minimum Gasteiger partial charge on any atom is -0.112 e. The van der Waals surface area contributed by atoms with Gasteiger partial charge < -0.3 is 0 Å². The standard InChI is InChI=1S/C21H20/c1-3-9-16(10-4-1)20(17-11-5-2-6-12-17)15-21-18-13-7-8-14-19(18)21/h1-6,9-12,18-19H,7-8,13-14H2/t18-,19-/m0/s1. The van der Waals surface area contributed by atoms with E-state index in [1.165, 1.54) is 42.4 Å². The summed E-state index contributed by atoms with van der Waals surface area (Å²) in [5.74, 6) is 1.67. The molecule has 0 amide bonds. The van der Waals surface area contributed by atoms with Crippen molar-refractivity contribution < 1.29 is 0 Å². The Labute approximate surface area is 126 Å². The SMILES string of the molecule is C(=C(c1ccccc1)c1ccccc1)=C1[C@H]2CCCC[C@H]12. The second-order valence-corrected chi connectivity index (χ2v) is 6.18. The van der Waals surface area contributed by atoms with Crippen LogP contribution < -0.4 is 0 Å². The first-order valence-corrected chi connectivity index (χ1v) is 8.05. The molecule has 0 N–H and O–H groups in total. The van der Waals surface area contributed by atoms with Crippen LogP contribution >= 0.6 is 0 Å². The highest BCUT2D eigenvalue weighted by Gasteiger charge is 2.45. The maximum Gasteiger partial charge on any atom is 0.0309 e. The summed E-state index contributed by atoms with van der Waals surface area (Å²) in [7, 11) is 0. The molecule has 0 spiro atoms. The van der Waals surface area contributed by atoms with E-state index in [1.54, 1.807) is 5.57 Å². The molecular formula is C21H20. The third-order valence-corrected chi connectivity index (χ3v) is 4.85. The fourth-order valence-electron chi connectivity index (χ4n) is 3.67. The molecule has 0 heteroatoms. The van der Waals surface area contributed by atoms with Crippen molar-refractivity contribution in [2.24, 2.45) is 11.8 Å². The van der Waals surface area contributed by atoms with Crippen LogP contribution in [0, 0.1) is 11.8 Å². The van der Waals surface area contributed by atoms with Gasteiger partial charge in [0.25, 0.3) is 0 Å². The maximum atomic E-state index is 3.80. The van der Waals surface area contributed by atoms with Crippen LogP contribution in [0.4, 0.5) is 0 Å². The van der Waals surface area contributed by atoms with Gasteiger partial charge in [0, 0.05) is 5.57 Å². The van der Waals surface area contributed by atoms with Gasteiger partial charge in [-0.15, -0.1) is 5.73 Å². The lowest BCUT2D eigenvalue weighted by Gasteiger charge is -2.05. The molecule has 0 aliphatic heterocycles. The highest BCUT2D eigenvalue weighted by Crippen LogP contribution is 2.54. The zero-order valence-electron chi connectivity index (χ0n) is 12.3. The van der Waals surface area contributed by atoms with Gasteiger partial charge >= 0.3 is 0 Å². The molecule has 0 aromatic heterocycles. The summed E-state index contributed by atoms with van der Waals surface area (Å²) >= 11 is 0. The van der Waals surface area contributed by atoms with Gasteiger partial charge in [0.15, 0.2) is 0 Å². The van der Waals surface area contributed by atoms with Crippen LogP contribution in [0.5, 0.6) is 0 Å². The van der Waals surface area contributed by atoms with Gasteiger partial charge in [0.2, 0.25) is 0 Å². The molecule has 0 unspecified atom stereocenters. The number of fused-ring (bicyclic) bond motifs is 1. The van der Waals surface area contributed by atoms with Gasteiger partial charge in [-0.2, -0.15) is 0 Å². The monoisotopic (exact) mass is 272 g/mol. The first kappa shape index (κ1) is 12.7. The zero-order chi connectivity index (χ0) is 14.1. The molecule has 104 valence electrons. The summed E-state index contributed by atoms with van der Waals surface area (Å²) in [5, 5.41) is 0. The summed E-state index contributed by atoms with van der Waals surface area (Å²) in [6, 6.07) is 21.4. The van der Waals surface area contributed by atoms with E-state index in [1.807, 2.05) is 0 Å². The number of rotatable bonds is 2. The highest BCUT2D eigenvalue weighted by molar-refractivity contribution is 5.80. The molecule has 0 saturated heterocycles. The smallest absolute Gasteiger partial charge is 0.0309 e. The second-order valence-electron chi connectivity index (χ2n) is 6.18.